The van der Waals surface area contributed by atoms with Gasteiger partial charge < -0.3 is 9.47 Å². The number of aromatic nitrogens is 1. The van der Waals surface area contributed by atoms with Crippen LogP contribution in [0.5, 0.6) is 0 Å². The largest absolute Gasteiger partial charge is 0.310 e. The van der Waals surface area contributed by atoms with Gasteiger partial charge in [-0.05, 0) is 133 Å². The molecule has 11 aromatic rings. The van der Waals surface area contributed by atoms with Gasteiger partial charge in [0.25, 0.3) is 0 Å². The highest BCUT2D eigenvalue weighted by Crippen LogP contribution is 2.62. The molecule has 2 aliphatic rings. The van der Waals surface area contributed by atoms with Crippen molar-refractivity contribution in [2.75, 3.05) is 4.90 Å². The smallest absolute Gasteiger partial charge is 0.0719 e. The van der Waals surface area contributed by atoms with Crippen molar-refractivity contribution >= 4 is 38.9 Å². The van der Waals surface area contributed by atoms with E-state index in [1.807, 2.05) is 0 Å². The van der Waals surface area contributed by atoms with Gasteiger partial charge >= 0.3 is 0 Å². The molecule has 0 N–H and O–H groups in total. The zero-order valence-corrected chi connectivity index (χ0v) is 37.0. The van der Waals surface area contributed by atoms with Crippen LogP contribution in [-0.2, 0) is 10.8 Å². The average molecular weight is 843 g/mol. The third-order valence-corrected chi connectivity index (χ3v) is 14.6. The molecule has 1 spiro atoms. The van der Waals surface area contributed by atoms with E-state index in [9.17, 15) is 0 Å². The van der Waals surface area contributed by atoms with E-state index in [4.69, 9.17) is 0 Å². The molecular formula is C64H46N2. The Hall–Kier alpha value is -8.20. The van der Waals surface area contributed by atoms with Gasteiger partial charge in [0.2, 0.25) is 0 Å². The minimum atomic E-state index is -0.407. The molecule has 13 rings (SSSR count). The molecule has 66 heavy (non-hydrogen) atoms. The highest BCUT2D eigenvalue weighted by atomic mass is 15.1. The molecule has 312 valence electrons. The fraction of sp³-hybridized carbons (Fsp3) is 0.0625. The molecule has 1 aromatic heterocycles. The van der Waals surface area contributed by atoms with Gasteiger partial charge in [0.05, 0.1) is 16.4 Å². The summed E-state index contributed by atoms with van der Waals surface area (Å²) < 4.78 is 2.38. The Bertz CT molecular complexity index is 3590. The van der Waals surface area contributed by atoms with Gasteiger partial charge in [0.1, 0.15) is 0 Å². The number of anilines is 3. The minimum Gasteiger partial charge on any atom is -0.310 e. The van der Waals surface area contributed by atoms with Crippen LogP contribution in [0.3, 0.4) is 0 Å². The summed E-state index contributed by atoms with van der Waals surface area (Å²) in [7, 11) is 0. The summed E-state index contributed by atoms with van der Waals surface area (Å²) in [6.07, 6.45) is 0. The molecule has 0 saturated heterocycles. The molecule has 1 heterocycles. The van der Waals surface area contributed by atoms with E-state index in [0.29, 0.717) is 0 Å². The molecular weight excluding hydrogens is 797 g/mol. The van der Waals surface area contributed by atoms with Gasteiger partial charge in [-0.3, -0.25) is 0 Å². The van der Waals surface area contributed by atoms with E-state index in [2.05, 4.69) is 266 Å². The SMILES string of the molecule is CC1(C)c2ccccc2C2(c3ccccc3-c3ccccc32)c2ccc(-c3cccc(N(c4ccccc4)c4cccc(-c5ccc(-n6c7ccccc7c7ccccc76)cc5)c4)c3)cc21. The van der Waals surface area contributed by atoms with Crippen molar-refractivity contribution in [1.29, 1.82) is 0 Å². The topological polar surface area (TPSA) is 8.17 Å². The minimum absolute atomic E-state index is 0.227. The maximum Gasteiger partial charge on any atom is 0.0719 e. The fourth-order valence-corrected chi connectivity index (χ4v) is 11.7. The number of nitrogens with zero attached hydrogens (tertiary/aromatic N) is 2. The van der Waals surface area contributed by atoms with Gasteiger partial charge in [-0.1, -0.05) is 190 Å². The van der Waals surface area contributed by atoms with E-state index >= 15 is 0 Å². The quantitative estimate of drug-likeness (QED) is 0.162. The van der Waals surface area contributed by atoms with E-state index in [1.54, 1.807) is 0 Å². The number of hydrogen-bond acceptors (Lipinski definition) is 1. The predicted molar refractivity (Wildman–Crippen MR) is 276 cm³/mol. The van der Waals surface area contributed by atoms with Crippen molar-refractivity contribution in [3.63, 3.8) is 0 Å². The van der Waals surface area contributed by atoms with Gasteiger partial charge in [-0.25, -0.2) is 0 Å². The Morgan fingerprint density at radius 2 is 0.773 bits per heavy atom. The molecule has 2 nitrogen and oxygen atoms in total. The predicted octanol–water partition coefficient (Wildman–Crippen LogP) is 16.6. The molecule has 0 aliphatic heterocycles. The summed E-state index contributed by atoms with van der Waals surface area (Å²) in [6, 6.07) is 89.8. The lowest BCUT2D eigenvalue weighted by molar-refractivity contribution is 0.563. The molecule has 2 aliphatic carbocycles. The van der Waals surface area contributed by atoms with Gasteiger partial charge in [-0.2, -0.15) is 0 Å². The number of benzene rings is 10. The Morgan fingerprint density at radius 3 is 1.39 bits per heavy atom. The Balaban J connectivity index is 0.909. The van der Waals surface area contributed by atoms with Gasteiger partial charge in [0.15, 0.2) is 0 Å². The van der Waals surface area contributed by atoms with Crippen molar-refractivity contribution in [1.82, 2.24) is 4.57 Å². The van der Waals surface area contributed by atoms with E-state index in [0.717, 1.165) is 22.7 Å². The average Bonchev–Trinajstić information content (AvgIpc) is 3.87. The molecule has 0 amide bonds. The molecule has 10 aromatic carbocycles. The number of para-hydroxylation sites is 3. The molecule has 0 unspecified atom stereocenters. The van der Waals surface area contributed by atoms with E-state index < -0.39 is 5.41 Å². The van der Waals surface area contributed by atoms with Crippen LogP contribution in [0.25, 0.3) is 60.9 Å². The van der Waals surface area contributed by atoms with E-state index in [1.165, 1.54) is 88.6 Å². The zero-order valence-electron chi connectivity index (χ0n) is 37.0. The summed E-state index contributed by atoms with van der Waals surface area (Å²) >= 11 is 0. The third-order valence-electron chi connectivity index (χ3n) is 14.6. The van der Waals surface area contributed by atoms with Crippen LogP contribution in [0.2, 0.25) is 0 Å². The summed E-state index contributed by atoms with van der Waals surface area (Å²) in [5.74, 6) is 0. The van der Waals surface area contributed by atoms with Crippen molar-refractivity contribution in [3.8, 4) is 39.1 Å². The standard InChI is InChI=1S/C64H46N2/c1-63(2)57-30-12-13-31-58(57)64(55-28-10-6-24-51(55)52-25-7-11-29-56(52)64)59-39-36-46(42-60(59)63)45-19-17-23-50(41-45)65(47-20-4-3-5-21-47)49-22-16-18-44(40-49)43-34-37-48(38-35-43)66-61-32-14-8-26-53(61)54-27-9-15-33-62(54)66/h3-42H,1-2H3. The highest BCUT2D eigenvalue weighted by molar-refractivity contribution is 6.09. The first-order chi connectivity index (χ1) is 32.5. The van der Waals surface area contributed by atoms with Gasteiger partial charge in [-0.15, -0.1) is 0 Å². The van der Waals surface area contributed by atoms with Gasteiger partial charge in [0, 0.05) is 38.9 Å². The second-order valence-corrected chi connectivity index (χ2v) is 18.5. The molecule has 0 fully saturated rings. The first kappa shape index (κ1) is 38.3. The molecule has 0 saturated carbocycles. The highest BCUT2D eigenvalue weighted by Gasteiger charge is 2.53. The lowest BCUT2D eigenvalue weighted by Crippen LogP contribution is -2.40. The Labute approximate surface area is 386 Å². The molecule has 0 bridgehead atoms. The first-order valence-corrected chi connectivity index (χ1v) is 23.1. The maximum absolute atomic E-state index is 2.49. The van der Waals surface area contributed by atoms with Crippen LogP contribution in [0, 0.1) is 0 Å². The summed E-state index contributed by atoms with van der Waals surface area (Å²) in [5.41, 5.74) is 21.9. The molecule has 0 radical (unpaired) electrons. The van der Waals surface area contributed by atoms with Crippen LogP contribution in [0.15, 0.2) is 243 Å². The molecule has 2 heteroatoms. The van der Waals surface area contributed by atoms with Crippen molar-refractivity contribution in [2.24, 2.45) is 0 Å². The van der Waals surface area contributed by atoms with Crippen LogP contribution in [0.4, 0.5) is 17.1 Å². The number of fused-ring (bicyclic) bond motifs is 12. The van der Waals surface area contributed by atoms with Crippen molar-refractivity contribution < 1.29 is 0 Å². The van der Waals surface area contributed by atoms with Crippen LogP contribution >= 0.6 is 0 Å². The fourth-order valence-electron chi connectivity index (χ4n) is 11.7. The third kappa shape index (κ3) is 5.55. The van der Waals surface area contributed by atoms with Crippen LogP contribution in [0.1, 0.15) is 47.2 Å². The summed E-state index contributed by atoms with van der Waals surface area (Å²) in [6.45, 7) is 4.82. The maximum atomic E-state index is 2.49. The lowest BCUT2D eigenvalue weighted by atomic mass is 9.55. The Kier molecular flexibility index (Phi) is 8.51. The van der Waals surface area contributed by atoms with Crippen LogP contribution < -0.4 is 4.90 Å². The van der Waals surface area contributed by atoms with Crippen molar-refractivity contribution in [3.05, 3.63) is 276 Å². The number of rotatable bonds is 6. The van der Waals surface area contributed by atoms with E-state index in [-0.39, 0.29) is 5.41 Å². The summed E-state index contributed by atoms with van der Waals surface area (Å²) in [4.78, 5) is 2.39. The summed E-state index contributed by atoms with van der Waals surface area (Å²) in [5, 5.41) is 2.54. The molecule has 0 atom stereocenters. The zero-order chi connectivity index (χ0) is 44.0. The normalized spacial score (nSPS) is 13.8. The Morgan fingerprint density at radius 1 is 0.318 bits per heavy atom. The second-order valence-electron chi connectivity index (χ2n) is 18.5. The number of hydrogen-bond donors (Lipinski definition) is 0. The monoisotopic (exact) mass is 842 g/mol. The lowest BCUT2D eigenvalue weighted by Gasteiger charge is -2.46. The second kappa shape index (κ2) is 14.7. The van der Waals surface area contributed by atoms with Crippen molar-refractivity contribution in [2.45, 2.75) is 24.7 Å². The first-order valence-electron chi connectivity index (χ1n) is 23.1. The van der Waals surface area contributed by atoms with Crippen LogP contribution in [-0.4, -0.2) is 4.57 Å².